The third-order valence-corrected chi connectivity index (χ3v) is 4.55. The Kier molecular flexibility index (Phi) is 7.69. The molecule has 0 aliphatic carbocycles. The number of benzene rings is 1. The van der Waals surface area contributed by atoms with Gasteiger partial charge < -0.3 is 10.6 Å². The summed E-state index contributed by atoms with van der Waals surface area (Å²) in [6.45, 7) is 1.85. The van der Waals surface area contributed by atoms with Gasteiger partial charge >= 0.3 is 0 Å². The predicted octanol–water partition coefficient (Wildman–Crippen LogP) is 3.28. The van der Waals surface area contributed by atoms with Crippen LogP contribution in [0.25, 0.3) is 0 Å². The van der Waals surface area contributed by atoms with Crippen LogP contribution in [0.2, 0.25) is 5.02 Å². The van der Waals surface area contributed by atoms with E-state index in [0.717, 1.165) is 22.8 Å². The van der Waals surface area contributed by atoms with Gasteiger partial charge in [-0.2, -0.15) is 0 Å². The van der Waals surface area contributed by atoms with Gasteiger partial charge in [0.2, 0.25) is 11.8 Å². The van der Waals surface area contributed by atoms with E-state index in [-0.39, 0.29) is 11.8 Å². The molecule has 0 unspecified atom stereocenters. The van der Waals surface area contributed by atoms with E-state index in [1.165, 1.54) is 18.7 Å². The highest BCUT2D eigenvalue weighted by atomic mass is 35.5. The van der Waals surface area contributed by atoms with Gasteiger partial charge in [0.25, 0.3) is 0 Å². The van der Waals surface area contributed by atoms with Gasteiger partial charge in [0.05, 0.1) is 0 Å². The van der Waals surface area contributed by atoms with Crippen molar-refractivity contribution in [2.24, 2.45) is 0 Å². The number of amides is 2. The second-order valence-electron chi connectivity index (χ2n) is 5.26. The van der Waals surface area contributed by atoms with Crippen molar-refractivity contribution < 1.29 is 9.59 Å². The fourth-order valence-corrected chi connectivity index (χ4v) is 2.94. The molecule has 2 aromatic rings. The lowest BCUT2D eigenvalue weighted by Crippen LogP contribution is -2.22. The zero-order chi connectivity index (χ0) is 18.1. The molecular weight excluding hydrogens is 360 g/mol. The number of nitrogens with zero attached hydrogens (tertiary/aromatic N) is 2. The minimum absolute atomic E-state index is 0.00684. The molecule has 2 amide bonds. The van der Waals surface area contributed by atoms with Crippen LogP contribution >= 0.6 is 23.4 Å². The molecule has 1 aromatic heterocycles. The minimum Gasteiger partial charge on any atom is -0.352 e. The summed E-state index contributed by atoms with van der Waals surface area (Å²) in [6.07, 6.45) is 1.17. The molecule has 8 heteroatoms. The van der Waals surface area contributed by atoms with Crippen LogP contribution in [0.1, 0.15) is 25.3 Å². The maximum Gasteiger partial charge on any atom is 0.222 e. The molecule has 1 heterocycles. The third-order valence-electron chi connectivity index (χ3n) is 3.18. The number of rotatable bonds is 8. The number of carbonyl (C=O) groups is 2. The number of nitrogens with one attached hydrogen (secondary N) is 2. The van der Waals surface area contributed by atoms with Crippen molar-refractivity contribution >= 4 is 41.0 Å². The molecule has 25 heavy (non-hydrogen) atoms. The van der Waals surface area contributed by atoms with Crippen molar-refractivity contribution in [2.75, 3.05) is 11.1 Å². The quantitative estimate of drug-likeness (QED) is 0.544. The average molecular weight is 379 g/mol. The maximum absolute atomic E-state index is 11.9. The summed E-state index contributed by atoms with van der Waals surface area (Å²) in [6, 6.07) is 10.9. The molecule has 0 aliphatic heterocycles. The first-order valence-electron chi connectivity index (χ1n) is 7.79. The molecule has 2 N–H and O–H groups in total. The lowest BCUT2D eigenvalue weighted by Gasteiger charge is -2.07. The lowest BCUT2D eigenvalue weighted by molar-refractivity contribution is -0.121. The van der Waals surface area contributed by atoms with Crippen LogP contribution in [0.3, 0.4) is 0 Å². The van der Waals surface area contributed by atoms with E-state index < -0.39 is 0 Å². The Morgan fingerprint density at radius 2 is 1.96 bits per heavy atom. The Labute approximate surface area is 155 Å². The monoisotopic (exact) mass is 378 g/mol. The number of halogens is 1. The topological polar surface area (TPSA) is 84.0 Å². The Bertz CT molecular complexity index is 725. The first kappa shape index (κ1) is 19.2. The molecule has 0 aliphatic rings. The maximum atomic E-state index is 11.9. The van der Waals surface area contributed by atoms with Gasteiger partial charge in [0.1, 0.15) is 5.03 Å². The highest BCUT2D eigenvalue weighted by Crippen LogP contribution is 2.17. The van der Waals surface area contributed by atoms with E-state index in [9.17, 15) is 9.59 Å². The first-order chi connectivity index (χ1) is 12.0. The van der Waals surface area contributed by atoms with Crippen molar-refractivity contribution in [2.45, 2.75) is 31.3 Å². The van der Waals surface area contributed by atoms with Gasteiger partial charge in [-0.3, -0.25) is 9.59 Å². The molecule has 0 atom stereocenters. The number of carbonyl (C=O) groups excluding carboxylic acids is 2. The van der Waals surface area contributed by atoms with Gasteiger partial charge in [-0.05, 0) is 30.2 Å². The minimum atomic E-state index is -0.183. The molecule has 0 saturated carbocycles. The smallest absolute Gasteiger partial charge is 0.222 e. The van der Waals surface area contributed by atoms with Crippen molar-refractivity contribution in [1.29, 1.82) is 0 Å². The molecule has 0 spiro atoms. The van der Waals surface area contributed by atoms with Gasteiger partial charge in [-0.15, -0.1) is 22.0 Å². The molecule has 1 aromatic carbocycles. The number of hydrogen-bond donors (Lipinski definition) is 2. The van der Waals surface area contributed by atoms with Crippen molar-refractivity contribution in [3.8, 4) is 0 Å². The SMILES string of the molecule is CC(=O)Nc1ccc(SCCCC(=O)NCc2ccccc2Cl)nn1. The molecule has 0 radical (unpaired) electrons. The van der Waals surface area contributed by atoms with Gasteiger partial charge in [-0.25, -0.2) is 0 Å². The summed E-state index contributed by atoms with van der Waals surface area (Å²) >= 11 is 7.57. The standard InChI is InChI=1S/C17H19ClN4O2S/c1-12(23)20-15-8-9-17(22-21-15)25-10-4-7-16(24)19-11-13-5-2-3-6-14(13)18/h2-3,5-6,8-9H,4,7,10-11H2,1H3,(H,19,24)(H,20,21,23). The summed E-state index contributed by atoms with van der Waals surface area (Å²) < 4.78 is 0. The Morgan fingerprint density at radius 3 is 2.64 bits per heavy atom. The second kappa shape index (κ2) is 10.0. The summed E-state index contributed by atoms with van der Waals surface area (Å²) in [5, 5.41) is 14.8. The summed E-state index contributed by atoms with van der Waals surface area (Å²) in [5.74, 6) is 0.995. The van der Waals surface area contributed by atoms with E-state index >= 15 is 0 Å². The lowest BCUT2D eigenvalue weighted by atomic mass is 10.2. The van der Waals surface area contributed by atoms with Crippen LogP contribution in [0.15, 0.2) is 41.4 Å². The molecule has 0 bridgehead atoms. The highest BCUT2D eigenvalue weighted by molar-refractivity contribution is 7.99. The van der Waals surface area contributed by atoms with E-state index in [4.69, 9.17) is 11.6 Å². The van der Waals surface area contributed by atoms with Crippen molar-refractivity contribution in [3.63, 3.8) is 0 Å². The molecule has 132 valence electrons. The number of aromatic nitrogens is 2. The molecule has 0 saturated heterocycles. The summed E-state index contributed by atoms with van der Waals surface area (Å²) in [4.78, 5) is 22.8. The average Bonchev–Trinajstić information content (AvgIpc) is 2.59. The van der Waals surface area contributed by atoms with Crippen molar-refractivity contribution in [3.05, 3.63) is 47.0 Å². The zero-order valence-electron chi connectivity index (χ0n) is 13.8. The van der Waals surface area contributed by atoms with E-state index in [0.29, 0.717) is 23.8 Å². The van der Waals surface area contributed by atoms with E-state index in [1.54, 1.807) is 18.2 Å². The van der Waals surface area contributed by atoms with E-state index in [2.05, 4.69) is 20.8 Å². The number of thioether (sulfide) groups is 1. The van der Waals surface area contributed by atoms with Crippen molar-refractivity contribution in [1.82, 2.24) is 15.5 Å². The fourth-order valence-electron chi connectivity index (χ4n) is 1.98. The van der Waals surface area contributed by atoms with Crippen LogP contribution in [0.4, 0.5) is 5.82 Å². The van der Waals surface area contributed by atoms with Gasteiger partial charge in [-0.1, -0.05) is 29.8 Å². The van der Waals surface area contributed by atoms with Gasteiger partial charge in [0, 0.05) is 30.7 Å². The zero-order valence-corrected chi connectivity index (χ0v) is 15.4. The summed E-state index contributed by atoms with van der Waals surface area (Å²) in [7, 11) is 0. The van der Waals surface area contributed by atoms with Crippen LogP contribution in [-0.2, 0) is 16.1 Å². The third kappa shape index (κ3) is 7.11. The molecule has 0 fully saturated rings. The Balaban J connectivity index is 1.64. The second-order valence-corrected chi connectivity index (χ2v) is 6.78. The fraction of sp³-hybridized carbons (Fsp3) is 0.294. The molecule has 2 rings (SSSR count). The Hall–Kier alpha value is -2.12. The molecule has 6 nitrogen and oxygen atoms in total. The normalized spacial score (nSPS) is 10.3. The first-order valence-corrected chi connectivity index (χ1v) is 9.15. The van der Waals surface area contributed by atoms with E-state index in [1.807, 2.05) is 18.2 Å². The highest BCUT2D eigenvalue weighted by Gasteiger charge is 2.05. The van der Waals surface area contributed by atoms with Gasteiger partial charge in [0.15, 0.2) is 5.82 Å². The van der Waals surface area contributed by atoms with Crippen LogP contribution in [-0.4, -0.2) is 27.8 Å². The predicted molar refractivity (Wildman–Crippen MR) is 99.6 cm³/mol. The molecular formula is C17H19ClN4O2S. The Morgan fingerprint density at radius 1 is 1.16 bits per heavy atom. The van der Waals surface area contributed by atoms with Crippen LogP contribution < -0.4 is 10.6 Å². The largest absolute Gasteiger partial charge is 0.352 e. The van der Waals surface area contributed by atoms with Crippen LogP contribution in [0.5, 0.6) is 0 Å². The number of anilines is 1. The number of hydrogen-bond acceptors (Lipinski definition) is 5. The van der Waals surface area contributed by atoms with Crippen LogP contribution in [0, 0.1) is 0 Å². The summed E-state index contributed by atoms with van der Waals surface area (Å²) in [5.41, 5.74) is 0.904.